The maximum Gasteiger partial charge on any atom is 0.269 e. The van der Waals surface area contributed by atoms with Crippen molar-refractivity contribution in [3.63, 3.8) is 0 Å². The fourth-order valence-electron chi connectivity index (χ4n) is 3.06. The van der Waals surface area contributed by atoms with Gasteiger partial charge < -0.3 is 10.6 Å². The van der Waals surface area contributed by atoms with Crippen molar-refractivity contribution < 1.29 is 9.72 Å². The van der Waals surface area contributed by atoms with Gasteiger partial charge in [-0.25, -0.2) is 0 Å². The van der Waals surface area contributed by atoms with Gasteiger partial charge in [-0.05, 0) is 18.9 Å². The van der Waals surface area contributed by atoms with E-state index in [0.717, 1.165) is 31.4 Å². The number of carbonyl (C=O) groups is 1. The van der Waals surface area contributed by atoms with E-state index in [0.29, 0.717) is 5.56 Å². The van der Waals surface area contributed by atoms with Crippen molar-refractivity contribution in [1.29, 1.82) is 0 Å². The molecule has 0 saturated heterocycles. The van der Waals surface area contributed by atoms with Gasteiger partial charge in [-0.1, -0.05) is 12.8 Å². The number of nitro benzene ring substituents is 1. The summed E-state index contributed by atoms with van der Waals surface area (Å²) >= 11 is 0. The van der Waals surface area contributed by atoms with Crippen LogP contribution in [0.25, 0.3) is 0 Å². The Morgan fingerprint density at radius 2 is 1.95 bits per heavy atom. The molecule has 1 aromatic rings. The number of amides is 1. The second-order valence-electron chi connectivity index (χ2n) is 5.12. The Labute approximate surface area is 122 Å². The van der Waals surface area contributed by atoms with E-state index < -0.39 is 11.0 Å². The quantitative estimate of drug-likeness (QED) is 0.670. The van der Waals surface area contributed by atoms with Crippen molar-refractivity contribution in [2.75, 3.05) is 4.90 Å². The maximum absolute atomic E-state index is 12.3. The van der Waals surface area contributed by atoms with Gasteiger partial charge in [-0.2, -0.15) is 0 Å². The molecule has 1 amide bonds. The molecule has 7 heteroatoms. The highest BCUT2D eigenvalue weighted by atomic mass is 35.5. The van der Waals surface area contributed by atoms with Gasteiger partial charge in [-0.15, -0.1) is 12.4 Å². The summed E-state index contributed by atoms with van der Waals surface area (Å²) in [7, 11) is 0. The minimum absolute atomic E-state index is 0. The van der Waals surface area contributed by atoms with Crippen molar-refractivity contribution in [1.82, 2.24) is 0 Å². The van der Waals surface area contributed by atoms with Gasteiger partial charge in [0.05, 0.1) is 4.92 Å². The van der Waals surface area contributed by atoms with E-state index in [4.69, 9.17) is 5.73 Å². The third-order valence-electron chi connectivity index (χ3n) is 4.01. The molecule has 1 saturated carbocycles. The Morgan fingerprint density at radius 3 is 2.55 bits per heavy atom. The van der Waals surface area contributed by atoms with E-state index in [9.17, 15) is 14.9 Å². The molecule has 2 aliphatic rings. The molecule has 6 nitrogen and oxygen atoms in total. The zero-order valence-corrected chi connectivity index (χ0v) is 11.6. The topological polar surface area (TPSA) is 89.5 Å². The van der Waals surface area contributed by atoms with Crippen LogP contribution in [0.15, 0.2) is 18.2 Å². The molecule has 1 aliphatic heterocycles. The van der Waals surface area contributed by atoms with E-state index in [2.05, 4.69) is 0 Å². The standard InChI is InChI=1S/C13H15N3O3.ClH/c14-12-10-7-9(16(18)19)5-6-11(10)15(13(12)17)8-3-1-2-4-8;/h5-8,12H,1-4,14H2;1H. The number of hydrogen-bond donors (Lipinski definition) is 1. The van der Waals surface area contributed by atoms with Crippen LogP contribution in [0.3, 0.4) is 0 Å². The van der Waals surface area contributed by atoms with Crippen LogP contribution in [0.2, 0.25) is 0 Å². The summed E-state index contributed by atoms with van der Waals surface area (Å²) in [6.07, 6.45) is 4.20. The molecule has 2 N–H and O–H groups in total. The predicted molar refractivity (Wildman–Crippen MR) is 77.0 cm³/mol. The summed E-state index contributed by atoms with van der Waals surface area (Å²) in [6.45, 7) is 0. The van der Waals surface area contributed by atoms with Crippen molar-refractivity contribution >= 4 is 29.7 Å². The summed E-state index contributed by atoms with van der Waals surface area (Å²) < 4.78 is 0. The average Bonchev–Trinajstić information content (AvgIpc) is 2.98. The lowest BCUT2D eigenvalue weighted by atomic mass is 10.1. The first-order valence-electron chi connectivity index (χ1n) is 6.46. The van der Waals surface area contributed by atoms with Crippen LogP contribution in [-0.4, -0.2) is 16.9 Å². The SMILES string of the molecule is Cl.NC1C(=O)N(C2CCCC2)c2ccc([N+](=O)[O-])cc21. The fraction of sp³-hybridized carbons (Fsp3) is 0.462. The van der Waals surface area contributed by atoms with Gasteiger partial charge in [0.15, 0.2) is 0 Å². The highest BCUT2D eigenvalue weighted by Crippen LogP contribution is 2.41. The Kier molecular flexibility index (Phi) is 3.96. The van der Waals surface area contributed by atoms with Crippen LogP contribution in [-0.2, 0) is 4.79 Å². The summed E-state index contributed by atoms with van der Waals surface area (Å²) in [4.78, 5) is 24.3. The van der Waals surface area contributed by atoms with Crippen LogP contribution >= 0.6 is 12.4 Å². The molecular formula is C13H16ClN3O3. The van der Waals surface area contributed by atoms with E-state index >= 15 is 0 Å². The number of nitrogens with zero attached hydrogens (tertiary/aromatic N) is 2. The first kappa shape index (κ1) is 14.7. The summed E-state index contributed by atoms with van der Waals surface area (Å²) in [5.41, 5.74) is 7.21. The summed E-state index contributed by atoms with van der Waals surface area (Å²) in [5, 5.41) is 10.8. The Bertz CT molecular complexity index is 558. The largest absolute Gasteiger partial charge is 0.316 e. The Balaban J connectivity index is 0.00000147. The van der Waals surface area contributed by atoms with E-state index in [1.54, 1.807) is 11.0 Å². The minimum Gasteiger partial charge on any atom is -0.316 e. The third-order valence-corrected chi connectivity index (χ3v) is 4.01. The van der Waals surface area contributed by atoms with Crippen LogP contribution in [0.5, 0.6) is 0 Å². The number of benzene rings is 1. The molecule has 0 aromatic heterocycles. The van der Waals surface area contributed by atoms with Gasteiger partial charge in [0, 0.05) is 29.4 Å². The molecule has 108 valence electrons. The molecule has 1 fully saturated rings. The molecule has 1 unspecified atom stereocenters. The Morgan fingerprint density at radius 1 is 1.30 bits per heavy atom. The van der Waals surface area contributed by atoms with Gasteiger partial charge >= 0.3 is 0 Å². The summed E-state index contributed by atoms with van der Waals surface area (Å²) in [5.74, 6) is -0.137. The third kappa shape index (κ3) is 2.14. The van der Waals surface area contributed by atoms with Gasteiger partial charge in [-0.3, -0.25) is 14.9 Å². The number of anilines is 1. The average molecular weight is 298 g/mol. The number of carbonyl (C=O) groups excluding carboxylic acids is 1. The first-order chi connectivity index (χ1) is 9.09. The zero-order valence-electron chi connectivity index (χ0n) is 10.8. The summed E-state index contributed by atoms with van der Waals surface area (Å²) in [6, 6.07) is 3.94. The van der Waals surface area contributed by atoms with Gasteiger partial charge in [0.25, 0.3) is 5.69 Å². The second kappa shape index (κ2) is 5.38. The van der Waals surface area contributed by atoms with Crippen molar-refractivity contribution in [2.45, 2.75) is 37.8 Å². The van der Waals surface area contributed by atoms with Crippen molar-refractivity contribution in [3.05, 3.63) is 33.9 Å². The van der Waals surface area contributed by atoms with Crippen LogP contribution in [0.4, 0.5) is 11.4 Å². The minimum atomic E-state index is -0.768. The van der Waals surface area contributed by atoms with Gasteiger partial charge in [0.1, 0.15) is 6.04 Å². The number of nitro groups is 1. The molecule has 1 aliphatic carbocycles. The van der Waals surface area contributed by atoms with E-state index in [1.807, 2.05) is 0 Å². The first-order valence-corrected chi connectivity index (χ1v) is 6.46. The highest BCUT2D eigenvalue weighted by Gasteiger charge is 2.40. The van der Waals surface area contributed by atoms with Gasteiger partial charge in [0.2, 0.25) is 5.91 Å². The lowest BCUT2D eigenvalue weighted by Crippen LogP contribution is -2.38. The van der Waals surface area contributed by atoms with E-state index in [-0.39, 0.29) is 30.0 Å². The second-order valence-corrected chi connectivity index (χ2v) is 5.12. The fourth-order valence-corrected chi connectivity index (χ4v) is 3.06. The molecule has 1 aromatic carbocycles. The van der Waals surface area contributed by atoms with Crippen LogP contribution in [0.1, 0.15) is 37.3 Å². The van der Waals surface area contributed by atoms with Crippen LogP contribution in [0, 0.1) is 10.1 Å². The number of halogens is 1. The lowest BCUT2D eigenvalue weighted by molar-refractivity contribution is -0.384. The molecule has 20 heavy (non-hydrogen) atoms. The number of rotatable bonds is 2. The number of hydrogen-bond acceptors (Lipinski definition) is 4. The number of fused-ring (bicyclic) bond motifs is 1. The maximum atomic E-state index is 12.3. The monoisotopic (exact) mass is 297 g/mol. The molecule has 1 heterocycles. The predicted octanol–water partition coefficient (Wildman–Crippen LogP) is 2.31. The van der Waals surface area contributed by atoms with Crippen LogP contribution < -0.4 is 10.6 Å². The van der Waals surface area contributed by atoms with E-state index in [1.165, 1.54) is 12.1 Å². The molecule has 3 rings (SSSR count). The molecule has 0 spiro atoms. The Hall–Kier alpha value is -1.66. The van der Waals surface area contributed by atoms with Crippen molar-refractivity contribution in [2.24, 2.45) is 5.73 Å². The number of nitrogens with two attached hydrogens (primary N) is 1. The normalized spacial score (nSPS) is 21.8. The number of non-ortho nitro benzene ring substituents is 1. The zero-order chi connectivity index (χ0) is 13.6. The molecule has 0 radical (unpaired) electrons. The molecule has 1 atom stereocenters. The lowest BCUT2D eigenvalue weighted by Gasteiger charge is -2.24. The molecule has 0 bridgehead atoms. The molecular weight excluding hydrogens is 282 g/mol. The highest BCUT2D eigenvalue weighted by molar-refractivity contribution is 6.05. The van der Waals surface area contributed by atoms with Crippen molar-refractivity contribution in [3.8, 4) is 0 Å². The smallest absolute Gasteiger partial charge is 0.269 e.